The molecule has 0 aliphatic heterocycles. The molecule has 0 bridgehead atoms. The lowest BCUT2D eigenvalue weighted by atomic mass is 10.0. The first kappa shape index (κ1) is 14.6. The second-order valence-electron chi connectivity index (χ2n) is 3.11. The summed E-state index contributed by atoms with van der Waals surface area (Å²) in [4.78, 5) is 0. The molecule has 0 atom stereocenters. The molecule has 0 saturated carbocycles. The Hall–Kier alpha value is -0.430. The van der Waals surface area contributed by atoms with E-state index < -0.39 is 34.1 Å². The summed E-state index contributed by atoms with van der Waals surface area (Å²) in [6.45, 7) is 0. The first-order valence-corrected chi connectivity index (χ1v) is 5.60. The van der Waals surface area contributed by atoms with Gasteiger partial charge in [-0.25, -0.2) is 0 Å². The summed E-state index contributed by atoms with van der Waals surface area (Å²) >= 11 is 8.18. The van der Waals surface area contributed by atoms with Crippen LogP contribution in [-0.2, 0) is 17.7 Å². The summed E-state index contributed by atoms with van der Waals surface area (Å²) in [6, 6.07) is 0.538. The van der Waals surface area contributed by atoms with Crippen molar-refractivity contribution in [3.63, 3.8) is 0 Å². The van der Waals surface area contributed by atoms with Gasteiger partial charge < -0.3 is 0 Å². The lowest BCUT2D eigenvalue weighted by molar-refractivity contribution is -0.143. The molecule has 0 spiro atoms. The largest absolute Gasteiger partial charge is 0.416 e. The molecule has 96 valence electrons. The van der Waals surface area contributed by atoms with Gasteiger partial charge in [0.05, 0.1) is 11.1 Å². The molecule has 0 radical (unpaired) electrons. The van der Waals surface area contributed by atoms with Crippen molar-refractivity contribution in [2.24, 2.45) is 0 Å². The highest BCUT2D eigenvalue weighted by atomic mass is 79.9. The van der Waals surface area contributed by atoms with E-state index in [2.05, 4.69) is 15.9 Å². The van der Waals surface area contributed by atoms with E-state index in [-0.39, 0.29) is 11.4 Å². The molecule has 1 rings (SSSR count). The zero-order chi connectivity index (χ0) is 13.4. The van der Waals surface area contributed by atoms with E-state index in [0.29, 0.717) is 6.07 Å². The molecule has 0 fully saturated rings. The zero-order valence-corrected chi connectivity index (χ0v) is 10.2. The monoisotopic (exact) mass is 340 g/mol. The van der Waals surface area contributed by atoms with Crippen molar-refractivity contribution in [3.8, 4) is 0 Å². The van der Waals surface area contributed by atoms with E-state index in [9.17, 15) is 26.3 Å². The van der Waals surface area contributed by atoms with E-state index in [1.807, 2.05) is 0 Å². The molecule has 0 saturated heterocycles. The van der Waals surface area contributed by atoms with Gasteiger partial charge in [0, 0.05) is 10.4 Å². The Morgan fingerprint density at radius 3 is 1.88 bits per heavy atom. The van der Waals surface area contributed by atoms with E-state index in [1.54, 1.807) is 0 Å². The average molecular weight is 341 g/mol. The maximum Gasteiger partial charge on any atom is 0.416 e. The quantitative estimate of drug-likeness (QED) is 0.482. The highest BCUT2D eigenvalue weighted by Crippen LogP contribution is 2.40. The fraction of sp³-hybridized carbons (Fsp3) is 0.333. The van der Waals surface area contributed by atoms with Crippen molar-refractivity contribution in [1.29, 1.82) is 0 Å². The fourth-order valence-corrected chi connectivity index (χ4v) is 2.24. The van der Waals surface area contributed by atoms with Crippen LogP contribution in [0.15, 0.2) is 12.1 Å². The number of alkyl halides is 7. The van der Waals surface area contributed by atoms with Gasteiger partial charge >= 0.3 is 12.4 Å². The molecule has 0 aliphatic carbocycles. The first-order valence-electron chi connectivity index (χ1n) is 4.10. The predicted octanol–water partition coefficient (Wildman–Crippen LogP) is 5.27. The highest BCUT2D eigenvalue weighted by Gasteiger charge is 2.39. The van der Waals surface area contributed by atoms with Crippen LogP contribution in [0.2, 0.25) is 5.02 Å². The van der Waals surface area contributed by atoms with Crippen LogP contribution in [0.25, 0.3) is 0 Å². The topological polar surface area (TPSA) is 0 Å². The van der Waals surface area contributed by atoms with Crippen molar-refractivity contribution in [3.05, 3.63) is 33.8 Å². The smallest absolute Gasteiger partial charge is 0.166 e. The predicted molar refractivity (Wildman–Crippen MR) is 54.1 cm³/mol. The van der Waals surface area contributed by atoms with Gasteiger partial charge in [-0.15, -0.1) is 0 Å². The van der Waals surface area contributed by atoms with Crippen molar-refractivity contribution in [1.82, 2.24) is 0 Å². The molecule has 1 aromatic carbocycles. The average Bonchev–Trinajstić information content (AvgIpc) is 2.13. The summed E-state index contributed by atoms with van der Waals surface area (Å²) in [6.07, 6.45) is -9.75. The number of benzene rings is 1. The Balaban J connectivity index is 3.51. The Morgan fingerprint density at radius 1 is 1.00 bits per heavy atom. The third-order valence-corrected chi connectivity index (χ3v) is 2.86. The fourth-order valence-electron chi connectivity index (χ4n) is 1.19. The lowest BCUT2D eigenvalue weighted by Crippen LogP contribution is -2.13. The van der Waals surface area contributed by atoms with Crippen molar-refractivity contribution < 1.29 is 26.3 Å². The zero-order valence-electron chi connectivity index (χ0n) is 7.89. The Morgan fingerprint density at radius 2 is 1.53 bits per heavy atom. The summed E-state index contributed by atoms with van der Waals surface area (Å²) in [5, 5.41) is -0.845. The Bertz CT molecular complexity index is 423. The summed E-state index contributed by atoms with van der Waals surface area (Å²) in [5.41, 5.74) is -3.21. The minimum Gasteiger partial charge on any atom is -0.166 e. The summed E-state index contributed by atoms with van der Waals surface area (Å²) < 4.78 is 74.6. The second-order valence-corrected chi connectivity index (χ2v) is 4.08. The number of rotatable bonds is 1. The first-order chi connectivity index (χ1) is 7.57. The maximum absolute atomic E-state index is 12.5. The molecule has 8 heteroatoms. The Kier molecular flexibility index (Phi) is 4.03. The summed E-state index contributed by atoms with van der Waals surface area (Å²) in [5.74, 6) is 0. The Labute approximate surface area is 106 Å². The van der Waals surface area contributed by atoms with E-state index >= 15 is 0 Å². The van der Waals surface area contributed by atoms with E-state index in [1.165, 1.54) is 0 Å². The molecule has 0 aromatic heterocycles. The third kappa shape index (κ3) is 3.28. The van der Waals surface area contributed by atoms with Crippen LogP contribution < -0.4 is 0 Å². The summed E-state index contributed by atoms with van der Waals surface area (Å²) in [7, 11) is 0. The molecular weight excluding hydrogens is 337 g/mol. The third-order valence-electron chi connectivity index (χ3n) is 1.96. The molecule has 0 heterocycles. The van der Waals surface area contributed by atoms with Gasteiger partial charge in [0.15, 0.2) is 0 Å². The van der Waals surface area contributed by atoms with Gasteiger partial charge in [-0.3, -0.25) is 0 Å². The number of hydrogen-bond donors (Lipinski definition) is 0. The van der Waals surface area contributed by atoms with E-state index in [0.717, 1.165) is 0 Å². The molecule has 1 aromatic rings. The van der Waals surface area contributed by atoms with Gasteiger partial charge in [-0.1, -0.05) is 27.5 Å². The molecule has 0 aliphatic rings. The van der Waals surface area contributed by atoms with E-state index in [4.69, 9.17) is 11.6 Å². The van der Waals surface area contributed by atoms with Crippen LogP contribution in [0.4, 0.5) is 26.3 Å². The van der Waals surface area contributed by atoms with Crippen LogP contribution >= 0.6 is 27.5 Å². The second kappa shape index (κ2) is 4.68. The molecule has 0 unspecified atom stereocenters. The van der Waals surface area contributed by atoms with Crippen molar-refractivity contribution in [2.45, 2.75) is 17.7 Å². The van der Waals surface area contributed by atoms with Gasteiger partial charge in [-0.2, -0.15) is 26.3 Å². The lowest BCUT2D eigenvalue weighted by Gasteiger charge is -2.16. The number of hydrogen-bond acceptors (Lipinski definition) is 0. The maximum atomic E-state index is 12.5. The normalized spacial score (nSPS) is 12.9. The van der Waals surface area contributed by atoms with Gasteiger partial charge in [0.1, 0.15) is 0 Å². The minimum atomic E-state index is -4.88. The standard InChI is InChI=1S/C9H4BrClF6/c10-3-5-6(9(15,16)17)1-4(2-7(5)11)8(12,13)14/h1-2H,3H2. The van der Waals surface area contributed by atoms with Crippen LogP contribution in [0.3, 0.4) is 0 Å². The van der Waals surface area contributed by atoms with Crippen LogP contribution in [0, 0.1) is 0 Å². The highest BCUT2D eigenvalue weighted by molar-refractivity contribution is 9.08. The van der Waals surface area contributed by atoms with Crippen LogP contribution in [-0.4, -0.2) is 0 Å². The molecule has 0 N–H and O–H groups in total. The van der Waals surface area contributed by atoms with Gasteiger partial charge in [-0.05, 0) is 17.7 Å². The van der Waals surface area contributed by atoms with Crippen LogP contribution in [0.1, 0.15) is 16.7 Å². The SMILES string of the molecule is FC(F)(F)c1cc(Cl)c(CBr)c(C(F)(F)F)c1. The molecular formula is C9H4BrClF6. The van der Waals surface area contributed by atoms with Crippen molar-refractivity contribution >= 4 is 27.5 Å². The van der Waals surface area contributed by atoms with Crippen molar-refractivity contribution in [2.75, 3.05) is 0 Å². The van der Waals surface area contributed by atoms with Gasteiger partial charge in [0.25, 0.3) is 0 Å². The minimum absolute atomic E-state index is 0.0580. The van der Waals surface area contributed by atoms with Gasteiger partial charge in [0.2, 0.25) is 0 Å². The molecule has 0 amide bonds. The van der Waals surface area contributed by atoms with Crippen LogP contribution in [0.5, 0.6) is 0 Å². The number of halogens is 8. The molecule has 0 nitrogen and oxygen atoms in total. The molecule has 17 heavy (non-hydrogen) atoms.